The minimum atomic E-state index is -0.0833. The summed E-state index contributed by atoms with van der Waals surface area (Å²) in [5.74, 6) is 1.87. The summed E-state index contributed by atoms with van der Waals surface area (Å²) in [5, 5.41) is 4.15. The van der Waals surface area contributed by atoms with Crippen LogP contribution in [0.25, 0.3) is 0 Å². The number of carbonyl (C=O) groups is 1. The molecule has 2 aromatic rings. The highest BCUT2D eigenvalue weighted by atomic mass is 16.5. The minimum Gasteiger partial charge on any atom is -0.375 e. The molecule has 3 heterocycles. The maximum Gasteiger partial charge on any atom is 0.269 e. The van der Waals surface area contributed by atoms with Gasteiger partial charge in [0.15, 0.2) is 5.82 Å². The number of hydrogen-bond donors (Lipinski definition) is 1. The van der Waals surface area contributed by atoms with E-state index in [1.165, 1.54) is 0 Å². The van der Waals surface area contributed by atoms with Crippen LogP contribution in [-0.4, -0.2) is 64.2 Å². The highest BCUT2D eigenvalue weighted by molar-refractivity contribution is 5.92. The van der Waals surface area contributed by atoms with E-state index in [1.807, 2.05) is 19.1 Å². The molecule has 0 radical (unpaired) electrons. The van der Waals surface area contributed by atoms with Gasteiger partial charge in [-0.15, -0.1) is 0 Å². The molecule has 0 spiro atoms. The Bertz CT molecular complexity index is 779. The van der Waals surface area contributed by atoms with E-state index in [4.69, 9.17) is 9.26 Å². The first kappa shape index (κ1) is 17.2. The first-order valence-corrected chi connectivity index (χ1v) is 9.11. The van der Waals surface area contributed by atoms with Crippen LogP contribution < -0.4 is 0 Å². The molecule has 1 aliphatic carbocycles. The molecular weight excluding hydrogens is 334 g/mol. The maximum absolute atomic E-state index is 12.1. The summed E-state index contributed by atoms with van der Waals surface area (Å²) in [4.78, 5) is 23.8. The monoisotopic (exact) mass is 359 g/mol. The Kier molecular flexibility index (Phi) is 4.54. The van der Waals surface area contributed by atoms with Crippen molar-refractivity contribution in [3.8, 4) is 0 Å². The lowest BCUT2D eigenvalue weighted by atomic mass is 10.1. The molecule has 1 aliphatic heterocycles. The summed E-state index contributed by atoms with van der Waals surface area (Å²) >= 11 is 0. The SMILES string of the molecule is C[C@H]1OCCN(Cc2ccc(C(=O)N(C)C)[nH]2)[C@@H]1c1nc(C2CC2)no1. The largest absolute Gasteiger partial charge is 0.375 e. The second kappa shape index (κ2) is 6.85. The summed E-state index contributed by atoms with van der Waals surface area (Å²) < 4.78 is 11.4. The van der Waals surface area contributed by atoms with E-state index in [0.717, 1.165) is 30.9 Å². The van der Waals surface area contributed by atoms with Gasteiger partial charge in [-0.2, -0.15) is 4.98 Å². The molecule has 4 rings (SSSR count). The van der Waals surface area contributed by atoms with E-state index < -0.39 is 0 Å². The molecule has 0 bridgehead atoms. The highest BCUT2D eigenvalue weighted by Gasteiger charge is 2.37. The fourth-order valence-corrected chi connectivity index (χ4v) is 3.41. The van der Waals surface area contributed by atoms with E-state index in [2.05, 4.69) is 20.0 Å². The minimum absolute atomic E-state index is 0.0332. The van der Waals surface area contributed by atoms with Gasteiger partial charge in [0, 0.05) is 38.8 Å². The molecule has 140 valence electrons. The molecule has 1 amide bonds. The van der Waals surface area contributed by atoms with Crippen LogP contribution in [0.4, 0.5) is 0 Å². The van der Waals surface area contributed by atoms with Gasteiger partial charge in [0.25, 0.3) is 5.91 Å². The van der Waals surface area contributed by atoms with Gasteiger partial charge in [0.05, 0.1) is 12.7 Å². The summed E-state index contributed by atoms with van der Waals surface area (Å²) in [5.41, 5.74) is 1.58. The van der Waals surface area contributed by atoms with Gasteiger partial charge in [0.1, 0.15) is 11.7 Å². The molecule has 0 aromatic carbocycles. The van der Waals surface area contributed by atoms with Crippen LogP contribution in [0.2, 0.25) is 0 Å². The second-order valence-corrected chi connectivity index (χ2v) is 7.35. The topological polar surface area (TPSA) is 87.5 Å². The number of nitrogens with one attached hydrogen (secondary N) is 1. The van der Waals surface area contributed by atoms with Crippen LogP contribution in [0.3, 0.4) is 0 Å². The molecule has 2 fully saturated rings. The van der Waals surface area contributed by atoms with Crippen molar-refractivity contribution >= 4 is 5.91 Å². The Balaban J connectivity index is 1.52. The van der Waals surface area contributed by atoms with Gasteiger partial charge in [-0.25, -0.2) is 0 Å². The molecule has 26 heavy (non-hydrogen) atoms. The predicted octanol–water partition coefficient (Wildman–Crippen LogP) is 1.94. The Labute approximate surface area is 152 Å². The number of morpholine rings is 1. The third-order valence-corrected chi connectivity index (χ3v) is 5.01. The van der Waals surface area contributed by atoms with Gasteiger partial charge in [0.2, 0.25) is 5.89 Å². The number of amides is 1. The van der Waals surface area contributed by atoms with E-state index in [9.17, 15) is 4.79 Å². The summed E-state index contributed by atoms with van der Waals surface area (Å²) in [6, 6.07) is 3.70. The second-order valence-electron chi connectivity index (χ2n) is 7.35. The van der Waals surface area contributed by atoms with E-state index in [0.29, 0.717) is 30.7 Å². The van der Waals surface area contributed by atoms with E-state index in [1.54, 1.807) is 19.0 Å². The molecule has 0 unspecified atom stereocenters. The fourth-order valence-electron chi connectivity index (χ4n) is 3.41. The zero-order chi connectivity index (χ0) is 18.3. The Morgan fingerprint density at radius 3 is 2.92 bits per heavy atom. The first-order chi connectivity index (χ1) is 12.5. The molecule has 2 atom stereocenters. The number of carbonyl (C=O) groups excluding carboxylic acids is 1. The third-order valence-electron chi connectivity index (χ3n) is 5.01. The average Bonchev–Trinajstić information content (AvgIpc) is 3.16. The molecule has 8 nitrogen and oxygen atoms in total. The summed E-state index contributed by atoms with van der Waals surface area (Å²) in [6.07, 6.45) is 2.25. The molecule has 1 saturated heterocycles. The number of ether oxygens (including phenoxy) is 1. The molecule has 1 N–H and O–H groups in total. The lowest BCUT2D eigenvalue weighted by Gasteiger charge is -2.37. The quantitative estimate of drug-likeness (QED) is 0.878. The number of aromatic nitrogens is 3. The lowest BCUT2D eigenvalue weighted by molar-refractivity contribution is -0.0766. The van der Waals surface area contributed by atoms with Crippen molar-refractivity contribution in [2.75, 3.05) is 27.2 Å². The average molecular weight is 359 g/mol. The van der Waals surface area contributed by atoms with Gasteiger partial charge < -0.3 is 19.1 Å². The third kappa shape index (κ3) is 3.39. The number of rotatable bonds is 5. The summed E-state index contributed by atoms with van der Waals surface area (Å²) in [6.45, 7) is 4.13. The number of H-pyrrole nitrogens is 1. The van der Waals surface area contributed by atoms with Gasteiger partial charge >= 0.3 is 0 Å². The van der Waals surface area contributed by atoms with E-state index in [-0.39, 0.29) is 18.1 Å². The Morgan fingerprint density at radius 2 is 2.19 bits per heavy atom. The fraction of sp³-hybridized carbons (Fsp3) is 0.611. The van der Waals surface area contributed by atoms with Gasteiger partial charge in [-0.05, 0) is 31.9 Å². The van der Waals surface area contributed by atoms with Gasteiger partial charge in [-0.1, -0.05) is 5.16 Å². The molecule has 2 aliphatic rings. The van der Waals surface area contributed by atoms with Crippen LogP contribution >= 0.6 is 0 Å². The van der Waals surface area contributed by atoms with E-state index >= 15 is 0 Å². The predicted molar refractivity (Wildman–Crippen MR) is 93.6 cm³/mol. The van der Waals surface area contributed by atoms with Crippen molar-refractivity contribution in [3.63, 3.8) is 0 Å². The first-order valence-electron chi connectivity index (χ1n) is 9.11. The standard InChI is InChI=1S/C18H25N5O3/c1-11-15(17-20-16(21-26-17)12-4-5-12)23(8-9-25-11)10-13-6-7-14(19-13)18(24)22(2)3/h6-7,11-12,15,19H,4-5,8-10H2,1-3H3/t11-,15+/m1/s1. The van der Waals surface area contributed by atoms with Gasteiger partial charge in [-0.3, -0.25) is 9.69 Å². The van der Waals surface area contributed by atoms with Crippen LogP contribution in [-0.2, 0) is 11.3 Å². The van der Waals surface area contributed by atoms with Crippen LogP contribution in [0, 0.1) is 0 Å². The van der Waals surface area contributed by atoms with Crippen molar-refractivity contribution in [2.45, 2.75) is 44.4 Å². The van der Waals surface area contributed by atoms with Crippen LogP contribution in [0.1, 0.15) is 59.6 Å². The number of aromatic amines is 1. The molecule has 8 heteroatoms. The zero-order valence-corrected chi connectivity index (χ0v) is 15.4. The van der Waals surface area contributed by atoms with Crippen molar-refractivity contribution < 1.29 is 14.1 Å². The number of nitrogens with zero attached hydrogens (tertiary/aromatic N) is 4. The Morgan fingerprint density at radius 1 is 1.38 bits per heavy atom. The zero-order valence-electron chi connectivity index (χ0n) is 15.4. The lowest BCUT2D eigenvalue weighted by Crippen LogP contribution is -2.43. The maximum atomic E-state index is 12.1. The van der Waals surface area contributed by atoms with Crippen molar-refractivity contribution in [3.05, 3.63) is 35.2 Å². The normalized spacial score (nSPS) is 24.0. The van der Waals surface area contributed by atoms with Crippen LogP contribution in [0.15, 0.2) is 16.7 Å². The highest BCUT2D eigenvalue weighted by Crippen LogP contribution is 2.39. The number of hydrogen-bond acceptors (Lipinski definition) is 6. The van der Waals surface area contributed by atoms with Crippen molar-refractivity contribution in [1.29, 1.82) is 0 Å². The van der Waals surface area contributed by atoms with Crippen molar-refractivity contribution in [2.24, 2.45) is 0 Å². The molecule has 2 aromatic heterocycles. The molecular formula is C18H25N5O3. The summed E-state index contributed by atoms with van der Waals surface area (Å²) in [7, 11) is 3.49. The smallest absolute Gasteiger partial charge is 0.269 e. The van der Waals surface area contributed by atoms with Crippen LogP contribution in [0.5, 0.6) is 0 Å². The Hall–Kier alpha value is -2.19. The van der Waals surface area contributed by atoms with Crippen molar-refractivity contribution in [1.82, 2.24) is 24.9 Å². The molecule has 1 saturated carbocycles.